The van der Waals surface area contributed by atoms with E-state index in [1.807, 2.05) is 13.0 Å². The van der Waals surface area contributed by atoms with Crippen LogP contribution < -0.4 is 5.32 Å². The van der Waals surface area contributed by atoms with Crippen molar-refractivity contribution in [2.75, 3.05) is 32.7 Å². The minimum absolute atomic E-state index is 0.0316. The maximum atomic E-state index is 13.1. The van der Waals surface area contributed by atoms with E-state index < -0.39 is 0 Å². The Morgan fingerprint density at radius 1 is 1.11 bits per heavy atom. The standard InChI is InChI=1S/C21H26N4O2S/c1-4-22-21(27)25-12-10-24(11-13-25)20(26)17-6-5-9-23-19(17)28-18-8-7-15(2)14-16(18)3/h5-9,14H,4,10-13H2,1-3H3,(H,22,27). The summed E-state index contributed by atoms with van der Waals surface area (Å²) in [7, 11) is 0. The molecule has 0 radical (unpaired) electrons. The minimum atomic E-state index is -0.0675. The molecule has 148 valence electrons. The van der Waals surface area contributed by atoms with Gasteiger partial charge in [-0.3, -0.25) is 4.79 Å². The van der Waals surface area contributed by atoms with Crippen molar-refractivity contribution < 1.29 is 9.59 Å². The topological polar surface area (TPSA) is 65.5 Å². The van der Waals surface area contributed by atoms with E-state index in [2.05, 4.69) is 42.3 Å². The van der Waals surface area contributed by atoms with Crippen LogP contribution in [0.1, 0.15) is 28.4 Å². The lowest BCUT2D eigenvalue weighted by Gasteiger charge is -2.34. The summed E-state index contributed by atoms with van der Waals surface area (Å²) in [5.74, 6) is -0.0316. The Bertz CT molecular complexity index is 863. The quantitative estimate of drug-likeness (QED) is 0.858. The molecule has 3 rings (SSSR count). The number of carbonyl (C=O) groups is 2. The van der Waals surface area contributed by atoms with Crippen LogP contribution in [-0.4, -0.2) is 59.4 Å². The van der Waals surface area contributed by atoms with Gasteiger partial charge in [-0.2, -0.15) is 0 Å². The summed E-state index contributed by atoms with van der Waals surface area (Å²) < 4.78 is 0. The van der Waals surface area contributed by atoms with Gasteiger partial charge in [-0.15, -0.1) is 0 Å². The van der Waals surface area contributed by atoms with E-state index >= 15 is 0 Å². The number of urea groups is 1. The fourth-order valence-corrected chi connectivity index (χ4v) is 4.14. The first kappa shape index (κ1) is 20.2. The van der Waals surface area contributed by atoms with E-state index in [1.54, 1.807) is 22.1 Å². The van der Waals surface area contributed by atoms with Crippen molar-refractivity contribution >= 4 is 23.7 Å². The maximum absolute atomic E-state index is 13.1. The molecule has 3 amide bonds. The van der Waals surface area contributed by atoms with Crippen molar-refractivity contribution in [2.45, 2.75) is 30.7 Å². The zero-order valence-corrected chi connectivity index (χ0v) is 17.4. The van der Waals surface area contributed by atoms with Crippen LogP contribution in [0.25, 0.3) is 0 Å². The molecule has 0 unspecified atom stereocenters. The Balaban J connectivity index is 1.72. The summed E-state index contributed by atoms with van der Waals surface area (Å²) >= 11 is 1.52. The van der Waals surface area contributed by atoms with Crippen molar-refractivity contribution in [2.24, 2.45) is 0 Å². The Hall–Kier alpha value is -2.54. The molecule has 0 bridgehead atoms. The predicted molar refractivity (Wildman–Crippen MR) is 111 cm³/mol. The second-order valence-electron chi connectivity index (χ2n) is 6.84. The van der Waals surface area contributed by atoms with Crippen LogP contribution >= 0.6 is 11.8 Å². The van der Waals surface area contributed by atoms with E-state index in [9.17, 15) is 9.59 Å². The van der Waals surface area contributed by atoms with Crippen LogP contribution in [-0.2, 0) is 0 Å². The van der Waals surface area contributed by atoms with Gasteiger partial charge in [-0.25, -0.2) is 9.78 Å². The molecular weight excluding hydrogens is 372 g/mol. The number of hydrogen-bond acceptors (Lipinski definition) is 4. The molecule has 1 aromatic heterocycles. The molecule has 1 fully saturated rings. The SMILES string of the molecule is CCNC(=O)N1CCN(C(=O)c2cccnc2Sc2ccc(C)cc2C)CC1. The number of pyridine rings is 1. The number of rotatable bonds is 4. The molecule has 0 aliphatic carbocycles. The average molecular weight is 399 g/mol. The molecule has 0 spiro atoms. The van der Waals surface area contributed by atoms with Gasteiger partial charge in [-0.1, -0.05) is 29.5 Å². The molecule has 7 heteroatoms. The smallest absolute Gasteiger partial charge is 0.317 e. The van der Waals surface area contributed by atoms with Gasteiger partial charge < -0.3 is 15.1 Å². The summed E-state index contributed by atoms with van der Waals surface area (Å²) in [4.78, 5) is 34.2. The largest absolute Gasteiger partial charge is 0.338 e. The van der Waals surface area contributed by atoms with E-state index in [4.69, 9.17) is 0 Å². The lowest BCUT2D eigenvalue weighted by atomic mass is 10.2. The molecule has 0 atom stereocenters. The third-order valence-electron chi connectivity index (χ3n) is 4.72. The summed E-state index contributed by atoms with van der Waals surface area (Å²) in [6.07, 6.45) is 1.72. The van der Waals surface area contributed by atoms with E-state index in [0.717, 1.165) is 4.90 Å². The Morgan fingerprint density at radius 2 is 1.82 bits per heavy atom. The third-order valence-corrected chi connectivity index (χ3v) is 5.92. The summed E-state index contributed by atoms with van der Waals surface area (Å²) in [6, 6.07) is 9.83. The molecule has 2 aromatic rings. The normalized spacial score (nSPS) is 14.1. The fourth-order valence-electron chi connectivity index (χ4n) is 3.20. The van der Waals surface area contributed by atoms with Crippen LogP contribution in [0.15, 0.2) is 46.5 Å². The number of nitrogens with one attached hydrogen (secondary N) is 1. The predicted octanol–water partition coefficient (Wildman–Crippen LogP) is 3.34. The highest BCUT2D eigenvalue weighted by molar-refractivity contribution is 7.99. The number of aryl methyl sites for hydroxylation is 2. The van der Waals surface area contributed by atoms with Gasteiger partial charge in [0.1, 0.15) is 5.03 Å². The Kier molecular flexibility index (Phi) is 6.57. The number of carbonyl (C=O) groups excluding carboxylic acids is 2. The Labute approximate surface area is 170 Å². The highest BCUT2D eigenvalue weighted by Crippen LogP contribution is 2.32. The number of benzene rings is 1. The van der Waals surface area contributed by atoms with Crippen LogP contribution in [0.2, 0.25) is 0 Å². The molecule has 28 heavy (non-hydrogen) atoms. The molecule has 2 heterocycles. The molecular formula is C21H26N4O2S. The zero-order chi connectivity index (χ0) is 20.1. The van der Waals surface area contributed by atoms with Gasteiger partial charge in [0.15, 0.2) is 0 Å². The number of piperazine rings is 1. The number of amides is 3. The molecule has 1 saturated heterocycles. The maximum Gasteiger partial charge on any atom is 0.317 e. The second-order valence-corrected chi connectivity index (χ2v) is 7.87. The third kappa shape index (κ3) is 4.65. The van der Waals surface area contributed by atoms with Crippen molar-refractivity contribution in [1.29, 1.82) is 0 Å². The lowest BCUT2D eigenvalue weighted by molar-refractivity contribution is 0.0661. The monoisotopic (exact) mass is 398 g/mol. The first-order valence-corrected chi connectivity index (χ1v) is 10.3. The van der Waals surface area contributed by atoms with E-state index in [-0.39, 0.29) is 11.9 Å². The minimum Gasteiger partial charge on any atom is -0.338 e. The summed E-state index contributed by atoms with van der Waals surface area (Å²) in [5, 5.41) is 3.52. The first-order chi connectivity index (χ1) is 13.5. The van der Waals surface area contributed by atoms with Crippen LogP contribution in [0.3, 0.4) is 0 Å². The van der Waals surface area contributed by atoms with Crippen molar-refractivity contribution in [1.82, 2.24) is 20.1 Å². The van der Waals surface area contributed by atoms with Crippen LogP contribution in [0.4, 0.5) is 4.79 Å². The van der Waals surface area contributed by atoms with Gasteiger partial charge in [-0.05, 0) is 44.5 Å². The fraction of sp³-hybridized carbons (Fsp3) is 0.381. The van der Waals surface area contributed by atoms with Gasteiger partial charge in [0.05, 0.1) is 5.56 Å². The average Bonchev–Trinajstić information content (AvgIpc) is 2.70. The zero-order valence-electron chi connectivity index (χ0n) is 16.6. The van der Waals surface area contributed by atoms with Crippen LogP contribution in [0, 0.1) is 13.8 Å². The van der Waals surface area contributed by atoms with Gasteiger partial charge >= 0.3 is 6.03 Å². The number of nitrogens with zero attached hydrogens (tertiary/aromatic N) is 3. The van der Waals surface area contributed by atoms with Crippen LogP contribution in [0.5, 0.6) is 0 Å². The van der Waals surface area contributed by atoms with Gasteiger partial charge in [0.2, 0.25) is 0 Å². The first-order valence-electron chi connectivity index (χ1n) is 9.51. The summed E-state index contributed by atoms with van der Waals surface area (Å²) in [6.45, 7) is 8.77. The lowest BCUT2D eigenvalue weighted by Crippen LogP contribution is -2.53. The van der Waals surface area contributed by atoms with E-state index in [1.165, 1.54) is 22.9 Å². The molecule has 1 N–H and O–H groups in total. The summed E-state index contributed by atoms with van der Waals surface area (Å²) in [5.41, 5.74) is 2.99. The molecule has 0 saturated carbocycles. The highest BCUT2D eigenvalue weighted by atomic mass is 32.2. The van der Waals surface area contributed by atoms with Crippen molar-refractivity contribution in [3.63, 3.8) is 0 Å². The molecule has 1 aliphatic heterocycles. The van der Waals surface area contributed by atoms with Crippen molar-refractivity contribution in [3.05, 3.63) is 53.2 Å². The Morgan fingerprint density at radius 3 is 2.50 bits per heavy atom. The highest BCUT2D eigenvalue weighted by Gasteiger charge is 2.26. The second kappa shape index (κ2) is 9.10. The van der Waals surface area contributed by atoms with Crippen molar-refractivity contribution in [3.8, 4) is 0 Å². The van der Waals surface area contributed by atoms with Gasteiger partial charge in [0.25, 0.3) is 5.91 Å². The van der Waals surface area contributed by atoms with E-state index in [0.29, 0.717) is 43.3 Å². The number of hydrogen-bond donors (Lipinski definition) is 1. The number of aromatic nitrogens is 1. The molecule has 6 nitrogen and oxygen atoms in total. The molecule has 1 aliphatic rings. The van der Waals surface area contributed by atoms with Gasteiger partial charge in [0, 0.05) is 43.8 Å². The molecule has 1 aromatic carbocycles.